The van der Waals surface area contributed by atoms with Crippen LogP contribution in [-0.2, 0) is 0 Å². The SMILES string of the molecule is C=C1/C=C/C(C(C)C)CCC(C)=CCC1. The standard InChI is InChI=1S/C15H24/c1-12(2)15-10-8-13(3)6-5-7-14(4)9-11-15/h7-8,10,12,15H,3,5-6,9,11H2,1-2,4H3/b10-8+,14-7?. The van der Waals surface area contributed by atoms with Gasteiger partial charge in [0, 0.05) is 0 Å². The van der Waals surface area contributed by atoms with Gasteiger partial charge in [0.15, 0.2) is 0 Å². The molecule has 0 heteroatoms. The second kappa shape index (κ2) is 5.95. The number of allylic oxidation sites excluding steroid dienone is 5. The second-order valence-electron chi connectivity index (χ2n) is 5.05. The molecule has 1 aliphatic carbocycles. The van der Waals surface area contributed by atoms with E-state index in [2.05, 4.69) is 45.6 Å². The maximum absolute atomic E-state index is 4.09. The molecule has 0 aliphatic heterocycles. The molecule has 1 unspecified atom stereocenters. The summed E-state index contributed by atoms with van der Waals surface area (Å²) in [7, 11) is 0. The van der Waals surface area contributed by atoms with E-state index in [0.29, 0.717) is 5.92 Å². The van der Waals surface area contributed by atoms with Gasteiger partial charge in [0.1, 0.15) is 0 Å². The number of rotatable bonds is 1. The molecule has 0 saturated heterocycles. The van der Waals surface area contributed by atoms with Crippen molar-refractivity contribution in [1.82, 2.24) is 0 Å². The van der Waals surface area contributed by atoms with Gasteiger partial charge in [-0.3, -0.25) is 0 Å². The topological polar surface area (TPSA) is 0 Å². The van der Waals surface area contributed by atoms with Crippen molar-refractivity contribution in [3.05, 3.63) is 36.0 Å². The molecule has 0 aromatic carbocycles. The van der Waals surface area contributed by atoms with Crippen LogP contribution >= 0.6 is 0 Å². The zero-order chi connectivity index (χ0) is 11.3. The predicted octanol–water partition coefficient (Wildman–Crippen LogP) is 4.89. The summed E-state index contributed by atoms with van der Waals surface area (Å²) in [4.78, 5) is 0. The van der Waals surface area contributed by atoms with E-state index in [-0.39, 0.29) is 0 Å². The van der Waals surface area contributed by atoms with Crippen molar-refractivity contribution in [2.75, 3.05) is 0 Å². The second-order valence-corrected chi connectivity index (χ2v) is 5.05. The molecular weight excluding hydrogens is 180 g/mol. The molecule has 0 amide bonds. The van der Waals surface area contributed by atoms with E-state index in [1.165, 1.54) is 18.4 Å². The Hall–Kier alpha value is -0.780. The molecule has 0 radical (unpaired) electrons. The highest BCUT2D eigenvalue weighted by Crippen LogP contribution is 2.24. The largest absolute Gasteiger partial charge is 0.0958 e. The first-order valence-electron chi connectivity index (χ1n) is 6.11. The van der Waals surface area contributed by atoms with Crippen LogP contribution in [0.3, 0.4) is 0 Å². The zero-order valence-electron chi connectivity index (χ0n) is 10.4. The van der Waals surface area contributed by atoms with E-state index >= 15 is 0 Å². The minimum Gasteiger partial charge on any atom is -0.0958 e. The molecule has 1 rings (SSSR count). The van der Waals surface area contributed by atoms with Crippen LogP contribution in [0.1, 0.15) is 46.5 Å². The number of hydrogen-bond acceptors (Lipinski definition) is 0. The van der Waals surface area contributed by atoms with E-state index in [4.69, 9.17) is 0 Å². The van der Waals surface area contributed by atoms with Gasteiger partial charge in [-0.2, -0.15) is 0 Å². The fourth-order valence-electron chi connectivity index (χ4n) is 2.00. The molecular formula is C15H24. The predicted molar refractivity (Wildman–Crippen MR) is 68.8 cm³/mol. The van der Waals surface area contributed by atoms with Gasteiger partial charge in [-0.25, -0.2) is 0 Å². The third-order valence-electron chi connectivity index (χ3n) is 3.27. The smallest absolute Gasteiger partial charge is 0.0204 e. The highest BCUT2D eigenvalue weighted by Gasteiger charge is 2.10. The monoisotopic (exact) mass is 204 g/mol. The van der Waals surface area contributed by atoms with Gasteiger partial charge in [-0.05, 0) is 44.4 Å². The molecule has 0 fully saturated rings. The van der Waals surface area contributed by atoms with Crippen molar-refractivity contribution in [3.63, 3.8) is 0 Å². The molecule has 1 atom stereocenters. The van der Waals surface area contributed by atoms with Crippen LogP contribution < -0.4 is 0 Å². The Kier molecular flexibility index (Phi) is 4.87. The van der Waals surface area contributed by atoms with Crippen molar-refractivity contribution in [3.8, 4) is 0 Å². The average molecular weight is 204 g/mol. The molecule has 0 N–H and O–H groups in total. The van der Waals surface area contributed by atoms with Crippen molar-refractivity contribution in [2.45, 2.75) is 46.5 Å². The number of hydrogen-bond donors (Lipinski definition) is 0. The van der Waals surface area contributed by atoms with Gasteiger partial charge < -0.3 is 0 Å². The Morgan fingerprint density at radius 3 is 2.73 bits per heavy atom. The van der Waals surface area contributed by atoms with Crippen LogP contribution in [0.15, 0.2) is 36.0 Å². The molecule has 0 saturated carbocycles. The minimum absolute atomic E-state index is 0.711. The van der Waals surface area contributed by atoms with Gasteiger partial charge in [-0.15, -0.1) is 0 Å². The molecule has 0 heterocycles. The van der Waals surface area contributed by atoms with Crippen LogP contribution in [0.4, 0.5) is 0 Å². The summed E-state index contributed by atoms with van der Waals surface area (Å²) in [5.74, 6) is 1.45. The van der Waals surface area contributed by atoms with Crippen molar-refractivity contribution < 1.29 is 0 Å². The maximum atomic E-state index is 4.09. The highest BCUT2D eigenvalue weighted by atomic mass is 14.2. The third kappa shape index (κ3) is 4.51. The lowest BCUT2D eigenvalue weighted by atomic mass is 9.88. The molecule has 0 spiro atoms. The van der Waals surface area contributed by atoms with Crippen molar-refractivity contribution >= 4 is 0 Å². The first kappa shape index (κ1) is 12.3. The summed E-state index contributed by atoms with van der Waals surface area (Å²) in [5.41, 5.74) is 2.82. The van der Waals surface area contributed by atoms with Crippen LogP contribution in [0.5, 0.6) is 0 Å². The summed E-state index contributed by atoms with van der Waals surface area (Å²) in [6.45, 7) is 11.0. The normalized spacial score (nSPS) is 26.3. The minimum atomic E-state index is 0.711. The van der Waals surface area contributed by atoms with E-state index in [9.17, 15) is 0 Å². The Bertz CT molecular complexity index is 266. The van der Waals surface area contributed by atoms with Gasteiger partial charge in [0.25, 0.3) is 0 Å². The highest BCUT2D eigenvalue weighted by molar-refractivity contribution is 5.17. The summed E-state index contributed by atoms with van der Waals surface area (Å²) in [6.07, 6.45) is 11.8. The molecule has 0 aromatic heterocycles. The van der Waals surface area contributed by atoms with Crippen LogP contribution in [-0.4, -0.2) is 0 Å². The third-order valence-corrected chi connectivity index (χ3v) is 3.27. The van der Waals surface area contributed by atoms with Gasteiger partial charge in [0.2, 0.25) is 0 Å². The first-order valence-corrected chi connectivity index (χ1v) is 6.11. The average Bonchev–Trinajstić information content (AvgIpc) is 2.16. The fraction of sp³-hybridized carbons (Fsp3) is 0.600. The summed E-state index contributed by atoms with van der Waals surface area (Å²) >= 11 is 0. The Balaban J connectivity index is 2.70. The van der Waals surface area contributed by atoms with Crippen LogP contribution in [0.2, 0.25) is 0 Å². The van der Waals surface area contributed by atoms with E-state index in [0.717, 1.165) is 18.8 Å². The molecule has 84 valence electrons. The quantitative estimate of drug-likeness (QED) is 0.533. The first-order chi connectivity index (χ1) is 7.09. The molecule has 1 aliphatic rings. The summed E-state index contributed by atoms with van der Waals surface area (Å²) < 4.78 is 0. The van der Waals surface area contributed by atoms with Gasteiger partial charge in [0.05, 0.1) is 0 Å². The van der Waals surface area contributed by atoms with Crippen molar-refractivity contribution in [2.24, 2.45) is 11.8 Å². The maximum Gasteiger partial charge on any atom is -0.0204 e. The zero-order valence-corrected chi connectivity index (χ0v) is 10.4. The molecule has 0 bridgehead atoms. The van der Waals surface area contributed by atoms with E-state index in [1.54, 1.807) is 5.57 Å². The Morgan fingerprint density at radius 2 is 2.07 bits per heavy atom. The molecule has 15 heavy (non-hydrogen) atoms. The van der Waals surface area contributed by atoms with Gasteiger partial charge in [-0.1, -0.05) is 49.8 Å². The lowest BCUT2D eigenvalue weighted by Crippen LogP contribution is -2.06. The van der Waals surface area contributed by atoms with E-state index < -0.39 is 0 Å². The van der Waals surface area contributed by atoms with E-state index in [1.807, 2.05) is 0 Å². The molecule has 0 nitrogen and oxygen atoms in total. The molecule has 0 aromatic rings. The lowest BCUT2D eigenvalue weighted by Gasteiger charge is -2.18. The Labute approximate surface area is 94.8 Å². The summed E-state index contributed by atoms with van der Waals surface area (Å²) in [5, 5.41) is 0. The lowest BCUT2D eigenvalue weighted by molar-refractivity contribution is 0.435. The van der Waals surface area contributed by atoms with Gasteiger partial charge >= 0.3 is 0 Å². The van der Waals surface area contributed by atoms with Crippen LogP contribution in [0.25, 0.3) is 0 Å². The Morgan fingerprint density at radius 1 is 1.33 bits per heavy atom. The van der Waals surface area contributed by atoms with Crippen molar-refractivity contribution in [1.29, 1.82) is 0 Å². The van der Waals surface area contributed by atoms with Crippen LogP contribution in [0, 0.1) is 11.8 Å². The fourth-order valence-corrected chi connectivity index (χ4v) is 2.00. The summed E-state index contributed by atoms with van der Waals surface area (Å²) in [6, 6.07) is 0.